The summed E-state index contributed by atoms with van der Waals surface area (Å²) >= 11 is 3.35. The molecule has 1 N–H and O–H groups in total. The lowest BCUT2D eigenvalue weighted by Gasteiger charge is -2.09. The molecule has 1 aromatic carbocycles. The first-order valence-corrected chi connectivity index (χ1v) is 6.30. The number of benzene rings is 1. The van der Waals surface area contributed by atoms with Gasteiger partial charge in [-0.3, -0.25) is 0 Å². The standard InChI is InChI=1S/C13H14BrN3O/c1-8-6-10(4-5-11(8)18-3)17-13-7-12(14)15-9(2)16-13/h4-7H,1-3H3,(H,15,16,17). The van der Waals surface area contributed by atoms with Crippen molar-refractivity contribution < 1.29 is 4.74 Å². The first-order chi connectivity index (χ1) is 8.58. The van der Waals surface area contributed by atoms with E-state index in [0.717, 1.165) is 33.2 Å². The van der Waals surface area contributed by atoms with Crippen LogP contribution in [0.1, 0.15) is 11.4 Å². The quantitative estimate of drug-likeness (QED) is 0.880. The molecule has 94 valence electrons. The zero-order chi connectivity index (χ0) is 13.1. The minimum Gasteiger partial charge on any atom is -0.496 e. The minimum atomic E-state index is 0.720. The molecular formula is C13H14BrN3O. The first-order valence-electron chi connectivity index (χ1n) is 5.51. The van der Waals surface area contributed by atoms with E-state index in [0.29, 0.717) is 0 Å². The smallest absolute Gasteiger partial charge is 0.135 e. The molecule has 0 aliphatic carbocycles. The normalized spacial score (nSPS) is 10.2. The minimum absolute atomic E-state index is 0.720. The molecule has 5 heteroatoms. The van der Waals surface area contributed by atoms with Crippen LogP contribution >= 0.6 is 15.9 Å². The topological polar surface area (TPSA) is 47.0 Å². The summed E-state index contributed by atoms with van der Waals surface area (Å²) in [4.78, 5) is 8.48. The van der Waals surface area contributed by atoms with Gasteiger partial charge in [0.05, 0.1) is 7.11 Å². The van der Waals surface area contributed by atoms with Crippen LogP contribution in [0.15, 0.2) is 28.9 Å². The SMILES string of the molecule is COc1ccc(Nc2cc(Br)nc(C)n2)cc1C. The Bertz CT molecular complexity index is 552. The monoisotopic (exact) mass is 307 g/mol. The van der Waals surface area contributed by atoms with Crippen molar-refractivity contribution in [2.75, 3.05) is 12.4 Å². The van der Waals surface area contributed by atoms with E-state index in [1.165, 1.54) is 0 Å². The number of anilines is 2. The molecule has 4 nitrogen and oxygen atoms in total. The molecule has 1 heterocycles. The highest BCUT2D eigenvalue weighted by Crippen LogP contribution is 2.24. The van der Waals surface area contributed by atoms with Crippen LogP contribution in [0.25, 0.3) is 0 Å². The summed E-state index contributed by atoms with van der Waals surface area (Å²) in [5, 5.41) is 3.24. The van der Waals surface area contributed by atoms with Crippen LogP contribution in [0.4, 0.5) is 11.5 Å². The molecule has 0 saturated heterocycles. The van der Waals surface area contributed by atoms with E-state index < -0.39 is 0 Å². The number of aromatic nitrogens is 2. The highest BCUT2D eigenvalue weighted by atomic mass is 79.9. The maximum atomic E-state index is 5.23. The third kappa shape index (κ3) is 2.98. The zero-order valence-electron chi connectivity index (χ0n) is 10.5. The Labute approximate surface area is 115 Å². The molecule has 18 heavy (non-hydrogen) atoms. The summed E-state index contributed by atoms with van der Waals surface area (Å²) in [6.07, 6.45) is 0. The fraction of sp³-hybridized carbons (Fsp3) is 0.231. The number of halogens is 1. The summed E-state index contributed by atoms with van der Waals surface area (Å²) in [5.41, 5.74) is 2.05. The van der Waals surface area contributed by atoms with Gasteiger partial charge in [0, 0.05) is 11.8 Å². The molecule has 2 aromatic rings. The van der Waals surface area contributed by atoms with Crippen molar-refractivity contribution in [3.63, 3.8) is 0 Å². The lowest BCUT2D eigenvalue weighted by atomic mass is 10.2. The van der Waals surface area contributed by atoms with Crippen LogP contribution in [0.2, 0.25) is 0 Å². The third-order valence-electron chi connectivity index (χ3n) is 2.47. The highest BCUT2D eigenvalue weighted by molar-refractivity contribution is 9.10. The van der Waals surface area contributed by atoms with Crippen molar-refractivity contribution >= 4 is 27.4 Å². The van der Waals surface area contributed by atoms with E-state index in [1.807, 2.05) is 38.1 Å². The Hall–Kier alpha value is -1.62. The molecule has 1 aromatic heterocycles. The van der Waals surface area contributed by atoms with E-state index in [1.54, 1.807) is 7.11 Å². The summed E-state index contributed by atoms with van der Waals surface area (Å²) in [5.74, 6) is 2.36. The molecule has 0 saturated carbocycles. The van der Waals surface area contributed by atoms with E-state index in [9.17, 15) is 0 Å². The number of aryl methyl sites for hydroxylation is 2. The lowest BCUT2D eigenvalue weighted by Crippen LogP contribution is -1.98. The Morgan fingerprint density at radius 1 is 1.17 bits per heavy atom. The van der Waals surface area contributed by atoms with Gasteiger partial charge >= 0.3 is 0 Å². The lowest BCUT2D eigenvalue weighted by molar-refractivity contribution is 0.412. The van der Waals surface area contributed by atoms with Crippen molar-refractivity contribution in [3.05, 3.63) is 40.3 Å². The fourth-order valence-corrected chi connectivity index (χ4v) is 2.17. The highest BCUT2D eigenvalue weighted by Gasteiger charge is 2.03. The van der Waals surface area contributed by atoms with Gasteiger partial charge in [-0.25, -0.2) is 9.97 Å². The fourth-order valence-electron chi connectivity index (χ4n) is 1.70. The Balaban J connectivity index is 2.25. The molecule has 0 radical (unpaired) electrons. The van der Waals surface area contributed by atoms with Crippen molar-refractivity contribution in [1.29, 1.82) is 0 Å². The van der Waals surface area contributed by atoms with Gasteiger partial charge in [0.2, 0.25) is 0 Å². The first kappa shape index (κ1) is 12.8. The maximum absolute atomic E-state index is 5.23. The molecule has 0 atom stereocenters. The van der Waals surface area contributed by atoms with E-state index >= 15 is 0 Å². The molecule has 0 spiro atoms. The predicted octanol–water partition coefficient (Wildman–Crippen LogP) is 3.61. The van der Waals surface area contributed by atoms with Gasteiger partial charge in [-0.05, 0) is 53.5 Å². The van der Waals surface area contributed by atoms with Crippen molar-refractivity contribution in [2.45, 2.75) is 13.8 Å². The van der Waals surface area contributed by atoms with Gasteiger partial charge in [-0.1, -0.05) is 0 Å². The zero-order valence-corrected chi connectivity index (χ0v) is 12.1. The Morgan fingerprint density at radius 3 is 2.56 bits per heavy atom. The number of ether oxygens (including phenoxy) is 1. The summed E-state index contributed by atoms with van der Waals surface area (Å²) < 4.78 is 5.99. The van der Waals surface area contributed by atoms with Crippen molar-refractivity contribution in [1.82, 2.24) is 9.97 Å². The van der Waals surface area contributed by atoms with E-state index in [-0.39, 0.29) is 0 Å². The number of nitrogens with zero attached hydrogens (tertiary/aromatic N) is 2. The molecular weight excluding hydrogens is 294 g/mol. The summed E-state index contributed by atoms with van der Waals surface area (Å²) in [6, 6.07) is 7.74. The molecule has 0 amide bonds. The second kappa shape index (κ2) is 5.35. The van der Waals surface area contributed by atoms with Crippen LogP contribution in [0.3, 0.4) is 0 Å². The third-order valence-corrected chi connectivity index (χ3v) is 2.88. The average molecular weight is 308 g/mol. The molecule has 0 unspecified atom stereocenters. The number of methoxy groups -OCH3 is 1. The summed E-state index contributed by atoms with van der Waals surface area (Å²) in [6.45, 7) is 3.86. The van der Waals surface area contributed by atoms with Crippen LogP contribution in [-0.4, -0.2) is 17.1 Å². The van der Waals surface area contributed by atoms with Gasteiger partial charge in [-0.2, -0.15) is 0 Å². The second-order valence-electron chi connectivity index (χ2n) is 3.93. The number of nitrogens with one attached hydrogen (secondary N) is 1. The van der Waals surface area contributed by atoms with Gasteiger partial charge in [0.1, 0.15) is 22.0 Å². The van der Waals surface area contributed by atoms with Crippen molar-refractivity contribution in [3.8, 4) is 5.75 Å². The van der Waals surface area contributed by atoms with Gasteiger partial charge in [0.15, 0.2) is 0 Å². The molecule has 0 bridgehead atoms. The van der Waals surface area contributed by atoms with Gasteiger partial charge in [0.25, 0.3) is 0 Å². The number of hydrogen-bond donors (Lipinski definition) is 1. The van der Waals surface area contributed by atoms with Gasteiger partial charge < -0.3 is 10.1 Å². The number of rotatable bonds is 3. The van der Waals surface area contributed by atoms with Crippen LogP contribution in [0.5, 0.6) is 5.75 Å². The maximum Gasteiger partial charge on any atom is 0.135 e. The number of hydrogen-bond acceptors (Lipinski definition) is 4. The average Bonchev–Trinajstić information content (AvgIpc) is 2.27. The Kier molecular flexibility index (Phi) is 3.81. The largest absolute Gasteiger partial charge is 0.496 e. The van der Waals surface area contributed by atoms with E-state index in [2.05, 4.69) is 31.2 Å². The molecule has 2 rings (SSSR count). The molecule has 0 fully saturated rings. The van der Waals surface area contributed by atoms with Crippen LogP contribution < -0.4 is 10.1 Å². The second-order valence-corrected chi connectivity index (χ2v) is 4.74. The van der Waals surface area contributed by atoms with Crippen LogP contribution in [0, 0.1) is 13.8 Å². The van der Waals surface area contributed by atoms with E-state index in [4.69, 9.17) is 4.74 Å². The molecule has 0 aliphatic rings. The molecule has 0 aliphatic heterocycles. The Morgan fingerprint density at radius 2 is 1.94 bits per heavy atom. The predicted molar refractivity (Wildman–Crippen MR) is 75.5 cm³/mol. The van der Waals surface area contributed by atoms with Crippen molar-refractivity contribution in [2.24, 2.45) is 0 Å². The summed E-state index contributed by atoms with van der Waals surface area (Å²) in [7, 11) is 1.67. The van der Waals surface area contributed by atoms with Gasteiger partial charge in [-0.15, -0.1) is 0 Å². The van der Waals surface area contributed by atoms with Crippen LogP contribution in [-0.2, 0) is 0 Å².